The van der Waals surface area contributed by atoms with Crippen molar-refractivity contribution in [2.75, 3.05) is 0 Å². The Bertz CT molecular complexity index is 651. The number of hydrogen-bond acceptors (Lipinski definition) is 1. The molecule has 0 amide bonds. The lowest BCUT2D eigenvalue weighted by Gasteiger charge is -2.19. The number of benzene rings is 1. The number of alkyl halides is 3. The van der Waals surface area contributed by atoms with Crippen LogP contribution in [0.4, 0.5) is 17.6 Å². The highest BCUT2D eigenvalue weighted by Crippen LogP contribution is 2.45. The van der Waals surface area contributed by atoms with Crippen molar-refractivity contribution in [1.29, 1.82) is 0 Å². The Kier molecular flexibility index (Phi) is 3.89. The van der Waals surface area contributed by atoms with Gasteiger partial charge in [-0.05, 0) is 55.0 Å². The van der Waals surface area contributed by atoms with Gasteiger partial charge in [-0.15, -0.1) is 0 Å². The molecule has 116 valence electrons. The van der Waals surface area contributed by atoms with E-state index in [9.17, 15) is 17.6 Å². The number of aliphatic imine (C=N–C) groups is 1. The minimum absolute atomic E-state index is 0.234. The number of nitrogens with zero attached hydrogens (tertiary/aromatic N) is 1. The van der Waals surface area contributed by atoms with Gasteiger partial charge in [0.25, 0.3) is 0 Å². The molecule has 1 heterocycles. The van der Waals surface area contributed by atoms with Gasteiger partial charge >= 0.3 is 6.18 Å². The quantitative estimate of drug-likeness (QED) is 0.676. The van der Waals surface area contributed by atoms with Crippen molar-refractivity contribution in [3.05, 3.63) is 59.6 Å². The molecule has 0 aromatic heterocycles. The molecule has 1 aliphatic carbocycles. The molecule has 2 aliphatic rings. The smallest absolute Gasteiger partial charge is 0.261 e. The third kappa shape index (κ3) is 3.29. The van der Waals surface area contributed by atoms with Crippen LogP contribution in [-0.4, -0.2) is 5.71 Å². The predicted molar refractivity (Wildman–Crippen MR) is 77.2 cm³/mol. The SMILES string of the molecule is Fc1cc(C(C2=NC=CCC=C2)C2CC2)cc(C(F)(F)F)c1. The van der Waals surface area contributed by atoms with Gasteiger partial charge in [-0.3, -0.25) is 4.99 Å². The predicted octanol–water partition coefficient (Wildman–Crippen LogP) is 5.25. The van der Waals surface area contributed by atoms with E-state index >= 15 is 0 Å². The second kappa shape index (κ2) is 5.71. The average molecular weight is 309 g/mol. The van der Waals surface area contributed by atoms with Gasteiger partial charge in [0.1, 0.15) is 5.82 Å². The Morgan fingerprint density at radius 3 is 2.55 bits per heavy atom. The lowest BCUT2D eigenvalue weighted by molar-refractivity contribution is -0.137. The van der Waals surface area contributed by atoms with Gasteiger partial charge in [-0.2, -0.15) is 13.2 Å². The number of rotatable bonds is 3. The molecule has 1 aromatic rings. The molecule has 22 heavy (non-hydrogen) atoms. The first kappa shape index (κ1) is 15.0. The number of halogens is 4. The minimum Gasteiger partial charge on any atom is -0.261 e. The summed E-state index contributed by atoms with van der Waals surface area (Å²) in [7, 11) is 0. The van der Waals surface area contributed by atoms with Crippen LogP contribution in [0.3, 0.4) is 0 Å². The van der Waals surface area contributed by atoms with E-state index in [1.807, 2.05) is 18.2 Å². The second-order valence-corrected chi connectivity index (χ2v) is 5.66. The highest BCUT2D eigenvalue weighted by atomic mass is 19.4. The largest absolute Gasteiger partial charge is 0.416 e. The minimum atomic E-state index is -4.55. The monoisotopic (exact) mass is 309 g/mol. The van der Waals surface area contributed by atoms with E-state index in [1.165, 1.54) is 6.07 Å². The molecule has 3 rings (SSSR count). The lowest BCUT2D eigenvalue weighted by Crippen LogP contribution is -2.15. The van der Waals surface area contributed by atoms with Crippen LogP contribution in [-0.2, 0) is 6.18 Å². The lowest BCUT2D eigenvalue weighted by atomic mass is 9.88. The Morgan fingerprint density at radius 2 is 1.86 bits per heavy atom. The number of allylic oxidation sites excluding steroid dienone is 3. The first-order valence-electron chi connectivity index (χ1n) is 7.22. The molecule has 1 aliphatic heterocycles. The van der Waals surface area contributed by atoms with E-state index in [1.54, 1.807) is 6.20 Å². The highest BCUT2D eigenvalue weighted by molar-refractivity contribution is 6.01. The second-order valence-electron chi connectivity index (χ2n) is 5.66. The van der Waals surface area contributed by atoms with E-state index in [2.05, 4.69) is 4.99 Å². The van der Waals surface area contributed by atoms with Crippen molar-refractivity contribution < 1.29 is 17.6 Å². The summed E-state index contributed by atoms with van der Waals surface area (Å²) in [5.41, 5.74) is 0.116. The first-order chi connectivity index (χ1) is 10.4. The first-order valence-corrected chi connectivity index (χ1v) is 7.22. The van der Waals surface area contributed by atoms with E-state index in [0.717, 1.165) is 25.3 Å². The summed E-state index contributed by atoms with van der Waals surface area (Å²) in [6.07, 6.45) is 5.34. The zero-order chi connectivity index (χ0) is 15.7. The van der Waals surface area contributed by atoms with E-state index in [0.29, 0.717) is 17.3 Å². The van der Waals surface area contributed by atoms with Gasteiger partial charge in [0.05, 0.1) is 5.56 Å². The van der Waals surface area contributed by atoms with E-state index < -0.39 is 17.6 Å². The standard InChI is InChI=1S/C17H15F4N/c18-14-9-12(8-13(10-14)17(19,20)21)16(11-5-6-11)15-4-2-1-3-7-22-15/h2-4,7-11,16H,1,5-6H2. The maximum atomic E-state index is 13.7. The van der Waals surface area contributed by atoms with Crippen LogP contribution in [0.1, 0.15) is 36.3 Å². The summed E-state index contributed by atoms with van der Waals surface area (Å²) in [6, 6.07) is 2.79. The third-order valence-corrected chi connectivity index (χ3v) is 3.91. The molecule has 0 bridgehead atoms. The van der Waals surface area contributed by atoms with E-state index in [-0.39, 0.29) is 11.8 Å². The molecule has 1 fully saturated rings. The molecule has 0 saturated heterocycles. The van der Waals surface area contributed by atoms with Gasteiger partial charge in [0, 0.05) is 17.8 Å². The summed E-state index contributed by atoms with van der Waals surface area (Å²) in [5.74, 6) is -0.905. The molecule has 1 atom stereocenters. The zero-order valence-electron chi connectivity index (χ0n) is 11.8. The highest BCUT2D eigenvalue weighted by Gasteiger charge is 2.37. The fourth-order valence-corrected chi connectivity index (χ4v) is 2.76. The third-order valence-electron chi connectivity index (χ3n) is 3.91. The number of hydrogen-bond donors (Lipinski definition) is 0. The van der Waals surface area contributed by atoms with Crippen molar-refractivity contribution in [3.8, 4) is 0 Å². The van der Waals surface area contributed by atoms with Crippen LogP contribution in [0, 0.1) is 11.7 Å². The fraction of sp³-hybridized carbons (Fsp3) is 0.353. The van der Waals surface area contributed by atoms with Gasteiger partial charge in [0.15, 0.2) is 0 Å². The van der Waals surface area contributed by atoms with Crippen LogP contribution in [0.15, 0.2) is 47.6 Å². The maximum Gasteiger partial charge on any atom is 0.416 e. The van der Waals surface area contributed by atoms with E-state index in [4.69, 9.17) is 0 Å². The Balaban J connectivity index is 2.04. The van der Waals surface area contributed by atoms with Gasteiger partial charge in [0.2, 0.25) is 0 Å². The van der Waals surface area contributed by atoms with Crippen LogP contribution in [0.5, 0.6) is 0 Å². The van der Waals surface area contributed by atoms with Crippen molar-refractivity contribution in [3.63, 3.8) is 0 Å². The summed E-state index contributed by atoms with van der Waals surface area (Å²) in [5, 5.41) is 0. The van der Waals surface area contributed by atoms with Gasteiger partial charge in [-0.1, -0.05) is 12.2 Å². The Hall–Kier alpha value is -1.91. The van der Waals surface area contributed by atoms with Crippen molar-refractivity contribution in [2.24, 2.45) is 10.9 Å². The van der Waals surface area contributed by atoms with Crippen LogP contribution in [0.25, 0.3) is 0 Å². The normalized spacial score (nSPS) is 19.7. The van der Waals surface area contributed by atoms with Gasteiger partial charge < -0.3 is 0 Å². The molecule has 1 unspecified atom stereocenters. The molecular weight excluding hydrogens is 294 g/mol. The molecule has 0 N–H and O–H groups in total. The zero-order valence-corrected chi connectivity index (χ0v) is 11.8. The molecular formula is C17H15F4N. The molecule has 0 spiro atoms. The Morgan fingerprint density at radius 1 is 1.09 bits per heavy atom. The van der Waals surface area contributed by atoms with Crippen LogP contribution < -0.4 is 0 Å². The van der Waals surface area contributed by atoms with Crippen LogP contribution in [0.2, 0.25) is 0 Å². The molecule has 1 nitrogen and oxygen atoms in total. The Labute approximate surface area is 126 Å². The summed E-state index contributed by atoms with van der Waals surface area (Å²) in [6.45, 7) is 0. The van der Waals surface area contributed by atoms with Crippen molar-refractivity contribution >= 4 is 5.71 Å². The van der Waals surface area contributed by atoms with Crippen molar-refractivity contribution in [2.45, 2.75) is 31.4 Å². The fourth-order valence-electron chi connectivity index (χ4n) is 2.76. The molecule has 0 radical (unpaired) electrons. The molecule has 1 saturated carbocycles. The van der Waals surface area contributed by atoms with Crippen molar-refractivity contribution in [1.82, 2.24) is 0 Å². The maximum absolute atomic E-state index is 13.7. The average Bonchev–Trinajstić information content (AvgIpc) is 3.25. The topological polar surface area (TPSA) is 12.4 Å². The van der Waals surface area contributed by atoms with Gasteiger partial charge in [-0.25, -0.2) is 4.39 Å². The molecule has 5 heteroatoms. The summed E-state index contributed by atoms with van der Waals surface area (Å²) in [4.78, 5) is 4.33. The summed E-state index contributed by atoms with van der Waals surface area (Å²) >= 11 is 0. The van der Waals surface area contributed by atoms with Crippen LogP contribution >= 0.6 is 0 Å². The molecule has 1 aromatic carbocycles. The summed E-state index contributed by atoms with van der Waals surface area (Å²) < 4.78 is 52.4.